The topological polar surface area (TPSA) is 26.0 Å². The number of hydrogen-bond acceptors (Lipinski definition) is 1. The number of hydrogen-bond donors (Lipinski definition) is 1. The van der Waals surface area contributed by atoms with E-state index >= 15 is 0 Å². The molecule has 2 aromatic rings. The molecule has 112 valence electrons. The second-order valence-corrected chi connectivity index (χ2v) is 5.88. The molecule has 0 aliphatic carbocycles. The Kier molecular flexibility index (Phi) is 6.01. The van der Waals surface area contributed by atoms with Crippen LogP contribution in [0.5, 0.6) is 0 Å². The van der Waals surface area contributed by atoms with Crippen LogP contribution in [0.2, 0.25) is 0 Å². The van der Waals surface area contributed by atoms with E-state index in [4.69, 9.17) is 5.73 Å². The highest BCUT2D eigenvalue weighted by Gasteiger charge is 2.23. The van der Waals surface area contributed by atoms with Gasteiger partial charge in [-0.15, -0.1) is 0 Å². The van der Waals surface area contributed by atoms with Crippen LogP contribution >= 0.6 is 0 Å². The molecule has 1 nitrogen and oxygen atoms in total. The SMILES string of the molecule is CCC(CC)CC(N)C(c1ccccc1)c1ccccc1. The Balaban J connectivity index is 2.28. The summed E-state index contributed by atoms with van der Waals surface area (Å²) in [4.78, 5) is 0. The monoisotopic (exact) mass is 281 g/mol. The molecular weight excluding hydrogens is 254 g/mol. The Bertz CT molecular complexity index is 462. The summed E-state index contributed by atoms with van der Waals surface area (Å²) in [6.07, 6.45) is 3.50. The maximum Gasteiger partial charge on any atom is 0.0241 e. The van der Waals surface area contributed by atoms with E-state index in [1.54, 1.807) is 0 Å². The molecule has 2 rings (SSSR count). The number of rotatable bonds is 7. The molecule has 0 fully saturated rings. The smallest absolute Gasteiger partial charge is 0.0241 e. The predicted octanol–water partition coefficient (Wildman–Crippen LogP) is 4.97. The normalized spacial score (nSPS) is 12.8. The molecule has 1 atom stereocenters. The summed E-state index contributed by atoms with van der Waals surface area (Å²) in [5.74, 6) is 1.00. The zero-order chi connectivity index (χ0) is 15.1. The van der Waals surface area contributed by atoms with Crippen molar-refractivity contribution in [2.45, 2.75) is 45.1 Å². The molecule has 0 amide bonds. The van der Waals surface area contributed by atoms with E-state index in [-0.39, 0.29) is 12.0 Å². The first-order valence-corrected chi connectivity index (χ1v) is 8.11. The lowest BCUT2D eigenvalue weighted by molar-refractivity contribution is 0.390. The molecule has 0 saturated heterocycles. The fraction of sp³-hybridized carbons (Fsp3) is 0.400. The minimum absolute atomic E-state index is 0.166. The predicted molar refractivity (Wildman–Crippen MR) is 91.4 cm³/mol. The van der Waals surface area contributed by atoms with Crippen LogP contribution in [0.1, 0.15) is 50.2 Å². The van der Waals surface area contributed by atoms with Gasteiger partial charge in [0.25, 0.3) is 0 Å². The highest BCUT2D eigenvalue weighted by atomic mass is 14.7. The van der Waals surface area contributed by atoms with E-state index in [1.165, 1.54) is 24.0 Å². The van der Waals surface area contributed by atoms with Gasteiger partial charge in [0, 0.05) is 12.0 Å². The van der Waals surface area contributed by atoms with Crippen LogP contribution in [-0.2, 0) is 0 Å². The van der Waals surface area contributed by atoms with Crippen molar-refractivity contribution in [3.8, 4) is 0 Å². The van der Waals surface area contributed by atoms with Crippen LogP contribution in [0.25, 0.3) is 0 Å². The van der Waals surface area contributed by atoms with E-state index in [2.05, 4.69) is 74.5 Å². The third kappa shape index (κ3) is 4.18. The zero-order valence-corrected chi connectivity index (χ0v) is 13.2. The van der Waals surface area contributed by atoms with Crippen molar-refractivity contribution in [3.63, 3.8) is 0 Å². The van der Waals surface area contributed by atoms with Gasteiger partial charge in [0.05, 0.1) is 0 Å². The lowest BCUT2D eigenvalue weighted by atomic mass is 9.80. The molecule has 0 aliphatic rings. The molecule has 0 saturated carbocycles. The molecule has 1 heteroatoms. The van der Waals surface area contributed by atoms with E-state index in [9.17, 15) is 0 Å². The second kappa shape index (κ2) is 7.99. The molecular formula is C20H27N. The summed E-state index contributed by atoms with van der Waals surface area (Å²) in [6, 6.07) is 21.5. The highest BCUT2D eigenvalue weighted by molar-refractivity contribution is 5.34. The molecule has 0 spiro atoms. The van der Waals surface area contributed by atoms with Gasteiger partial charge in [-0.2, -0.15) is 0 Å². The van der Waals surface area contributed by atoms with Crippen molar-refractivity contribution in [3.05, 3.63) is 71.8 Å². The Morgan fingerprint density at radius 2 is 1.19 bits per heavy atom. The van der Waals surface area contributed by atoms with Crippen LogP contribution in [-0.4, -0.2) is 6.04 Å². The quantitative estimate of drug-likeness (QED) is 0.761. The summed E-state index contributed by atoms with van der Waals surface area (Å²) in [7, 11) is 0. The van der Waals surface area contributed by atoms with Gasteiger partial charge in [0.15, 0.2) is 0 Å². The van der Waals surface area contributed by atoms with Gasteiger partial charge in [-0.1, -0.05) is 87.4 Å². The van der Waals surface area contributed by atoms with Crippen molar-refractivity contribution < 1.29 is 0 Å². The Morgan fingerprint density at radius 3 is 1.57 bits per heavy atom. The zero-order valence-electron chi connectivity index (χ0n) is 13.2. The van der Waals surface area contributed by atoms with Gasteiger partial charge >= 0.3 is 0 Å². The highest BCUT2D eigenvalue weighted by Crippen LogP contribution is 2.31. The minimum Gasteiger partial charge on any atom is -0.327 e. The molecule has 21 heavy (non-hydrogen) atoms. The molecule has 2 aromatic carbocycles. The van der Waals surface area contributed by atoms with Gasteiger partial charge in [-0.25, -0.2) is 0 Å². The lowest BCUT2D eigenvalue weighted by Gasteiger charge is -2.28. The molecule has 1 unspecified atom stereocenters. The van der Waals surface area contributed by atoms with Crippen LogP contribution in [0.3, 0.4) is 0 Å². The molecule has 0 bridgehead atoms. The second-order valence-electron chi connectivity index (χ2n) is 5.88. The Hall–Kier alpha value is -1.60. The average molecular weight is 281 g/mol. The molecule has 0 heterocycles. The maximum absolute atomic E-state index is 6.63. The Labute approximate surface area is 129 Å². The molecule has 0 radical (unpaired) electrons. The van der Waals surface area contributed by atoms with E-state index in [0.717, 1.165) is 12.3 Å². The summed E-state index contributed by atoms with van der Waals surface area (Å²) < 4.78 is 0. The van der Waals surface area contributed by atoms with Gasteiger partial charge < -0.3 is 5.73 Å². The maximum atomic E-state index is 6.63. The van der Waals surface area contributed by atoms with Crippen molar-refractivity contribution in [1.29, 1.82) is 0 Å². The standard InChI is InChI=1S/C20H27N/c1-3-16(4-2)15-19(21)20(17-11-7-5-8-12-17)18-13-9-6-10-14-18/h5-14,16,19-20H,3-4,15,21H2,1-2H3. The summed E-state index contributed by atoms with van der Waals surface area (Å²) in [5.41, 5.74) is 9.28. The third-order valence-electron chi connectivity index (χ3n) is 4.51. The fourth-order valence-corrected chi connectivity index (χ4v) is 3.15. The van der Waals surface area contributed by atoms with Crippen LogP contribution in [0, 0.1) is 5.92 Å². The van der Waals surface area contributed by atoms with Crippen LogP contribution in [0.4, 0.5) is 0 Å². The lowest BCUT2D eigenvalue weighted by Crippen LogP contribution is -2.31. The average Bonchev–Trinajstić information content (AvgIpc) is 2.55. The minimum atomic E-state index is 0.166. The molecule has 0 aliphatic heterocycles. The number of nitrogens with two attached hydrogens (primary N) is 1. The Morgan fingerprint density at radius 1 is 0.762 bits per heavy atom. The first kappa shape index (κ1) is 15.8. The van der Waals surface area contributed by atoms with E-state index in [0.29, 0.717) is 0 Å². The molecule has 2 N–H and O–H groups in total. The van der Waals surface area contributed by atoms with Gasteiger partial charge in [-0.3, -0.25) is 0 Å². The van der Waals surface area contributed by atoms with Crippen molar-refractivity contribution >= 4 is 0 Å². The fourth-order valence-electron chi connectivity index (χ4n) is 3.15. The van der Waals surface area contributed by atoms with Gasteiger partial charge in [0.1, 0.15) is 0 Å². The van der Waals surface area contributed by atoms with Crippen LogP contribution < -0.4 is 5.73 Å². The van der Waals surface area contributed by atoms with Gasteiger partial charge in [-0.05, 0) is 23.5 Å². The van der Waals surface area contributed by atoms with Gasteiger partial charge in [0.2, 0.25) is 0 Å². The van der Waals surface area contributed by atoms with Crippen molar-refractivity contribution in [2.75, 3.05) is 0 Å². The van der Waals surface area contributed by atoms with Crippen molar-refractivity contribution in [1.82, 2.24) is 0 Å². The number of benzene rings is 2. The summed E-state index contributed by atoms with van der Waals surface area (Å²) in [6.45, 7) is 4.53. The van der Waals surface area contributed by atoms with Crippen LogP contribution in [0.15, 0.2) is 60.7 Å². The first-order chi connectivity index (χ1) is 10.3. The molecule has 0 aromatic heterocycles. The van der Waals surface area contributed by atoms with E-state index < -0.39 is 0 Å². The first-order valence-electron chi connectivity index (χ1n) is 8.11. The van der Waals surface area contributed by atoms with E-state index in [1.807, 2.05) is 0 Å². The summed E-state index contributed by atoms with van der Waals surface area (Å²) in [5, 5.41) is 0. The third-order valence-corrected chi connectivity index (χ3v) is 4.51. The van der Waals surface area contributed by atoms with Crippen molar-refractivity contribution in [2.24, 2.45) is 11.7 Å². The summed E-state index contributed by atoms with van der Waals surface area (Å²) >= 11 is 0. The largest absolute Gasteiger partial charge is 0.327 e.